The lowest BCUT2D eigenvalue weighted by atomic mass is 10.1. The number of carbonyl (C=O) groups is 1. The van der Waals surface area contributed by atoms with Crippen LogP contribution in [0.2, 0.25) is 0 Å². The average molecular weight is 403 g/mol. The minimum atomic E-state index is 0.0505. The molecular formula is C20H26N4OS2. The van der Waals surface area contributed by atoms with Crippen LogP contribution in [0.25, 0.3) is 0 Å². The fourth-order valence-electron chi connectivity index (χ4n) is 2.98. The lowest BCUT2D eigenvalue weighted by Gasteiger charge is -2.26. The molecule has 1 aromatic carbocycles. The topological polar surface area (TPSA) is 58.1 Å². The number of rotatable bonds is 8. The van der Waals surface area contributed by atoms with E-state index in [9.17, 15) is 4.79 Å². The zero-order valence-corrected chi connectivity index (χ0v) is 17.3. The largest absolute Gasteiger partial charge is 0.354 e. The fraction of sp³-hybridized carbons (Fsp3) is 0.450. The molecule has 1 fully saturated rings. The van der Waals surface area contributed by atoms with Gasteiger partial charge in [-0.25, -0.2) is 9.97 Å². The fourth-order valence-corrected chi connectivity index (χ4v) is 4.80. The van der Waals surface area contributed by atoms with Crippen molar-refractivity contribution in [1.29, 1.82) is 0 Å². The monoisotopic (exact) mass is 402 g/mol. The van der Waals surface area contributed by atoms with Crippen LogP contribution < -0.4 is 5.32 Å². The van der Waals surface area contributed by atoms with Crippen LogP contribution in [0, 0.1) is 6.92 Å². The number of thioether (sulfide) groups is 1. The number of piperidine rings is 1. The molecule has 3 rings (SSSR count). The maximum absolute atomic E-state index is 12.2. The van der Waals surface area contributed by atoms with Gasteiger partial charge in [-0.1, -0.05) is 48.1 Å². The van der Waals surface area contributed by atoms with Crippen molar-refractivity contribution in [2.45, 2.75) is 41.1 Å². The van der Waals surface area contributed by atoms with E-state index in [0.29, 0.717) is 12.3 Å². The van der Waals surface area contributed by atoms with Gasteiger partial charge in [0.1, 0.15) is 10.1 Å². The molecule has 0 aliphatic carbocycles. The van der Waals surface area contributed by atoms with Gasteiger partial charge in [0.25, 0.3) is 0 Å². The van der Waals surface area contributed by atoms with Gasteiger partial charge >= 0.3 is 0 Å². The molecule has 1 amide bonds. The summed E-state index contributed by atoms with van der Waals surface area (Å²) in [5, 5.41) is 4.67. The van der Waals surface area contributed by atoms with Gasteiger partial charge in [-0.2, -0.15) is 0 Å². The minimum Gasteiger partial charge on any atom is -0.354 e. The van der Waals surface area contributed by atoms with Crippen molar-refractivity contribution in [1.82, 2.24) is 20.2 Å². The zero-order chi connectivity index (χ0) is 18.9. The maximum Gasteiger partial charge on any atom is 0.230 e. The van der Waals surface area contributed by atoms with Gasteiger partial charge in [0.15, 0.2) is 0 Å². The molecule has 0 unspecified atom stereocenters. The average Bonchev–Trinajstić information content (AvgIpc) is 2.70. The van der Waals surface area contributed by atoms with Gasteiger partial charge in [0, 0.05) is 30.4 Å². The lowest BCUT2D eigenvalue weighted by molar-refractivity contribution is -0.118. The number of hydrogen-bond acceptors (Lipinski definition) is 6. The Kier molecular flexibility index (Phi) is 7.98. The third-order valence-electron chi connectivity index (χ3n) is 4.47. The molecule has 1 aliphatic heterocycles. The van der Waals surface area contributed by atoms with E-state index in [4.69, 9.17) is 0 Å². The van der Waals surface area contributed by atoms with E-state index in [1.54, 1.807) is 24.2 Å². The van der Waals surface area contributed by atoms with Crippen LogP contribution in [-0.4, -0.2) is 52.7 Å². The molecule has 2 heterocycles. The number of benzene rings is 1. The molecule has 1 saturated heterocycles. The number of carbonyl (C=O) groups excluding carboxylic acids is 1. The first-order chi connectivity index (χ1) is 13.2. The van der Waals surface area contributed by atoms with Gasteiger partial charge in [-0.15, -0.1) is 0 Å². The summed E-state index contributed by atoms with van der Waals surface area (Å²) in [6.07, 6.45) is 7.26. The smallest absolute Gasteiger partial charge is 0.230 e. The Morgan fingerprint density at radius 2 is 1.85 bits per heavy atom. The van der Waals surface area contributed by atoms with E-state index in [1.165, 1.54) is 36.6 Å². The first kappa shape index (κ1) is 20.2. The van der Waals surface area contributed by atoms with Crippen molar-refractivity contribution < 1.29 is 4.79 Å². The van der Waals surface area contributed by atoms with Crippen molar-refractivity contribution >= 4 is 29.4 Å². The van der Waals surface area contributed by atoms with Gasteiger partial charge in [0.2, 0.25) is 5.91 Å². The van der Waals surface area contributed by atoms with E-state index in [-0.39, 0.29) is 5.91 Å². The normalized spacial score (nSPS) is 14.9. The molecule has 2 aromatic rings. The van der Waals surface area contributed by atoms with Crippen LogP contribution in [0.15, 0.2) is 51.6 Å². The van der Waals surface area contributed by atoms with Gasteiger partial charge < -0.3 is 10.2 Å². The lowest BCUT2D eigenvalue weighted by Crippen LogP contribution is -2.38. The molecule has 1 N–H and O–H groups in total. The van der Waals surface area contributed by atoms with Crippen LogP contribution in [0.4, 0.5) is 0 Å². The Hall–Kier alpha value is -1.57. The van der Waals surface area contributed by atoms with Crippen LogP contribution in [0.1, 0.15) is 24.8 Å². The molecule has 1 aliphatic rings. The third-order valence-corrected chi connectivity index (χ3v) is 6.75. The Bertz CT molecular complexity index is 750. The highest BCUT2D eigenvalue weighted by Gasteiger charge is 2.13. The van der Waals surface area contributed by atoms with Gasteiger partial charge in [-0.05, 0) is 44.5 Å². The van der Waals surface area contributed by atoms with Crippen LogP contribution in [-0.2, 0) is 4.79 Å². The summed E-state index contributed by atoms with van der Waals surface area (Å²) in [6.45, 7) is 6.05. The van der Waals surface area contributed by atoms with Crippen molar-refractivity contribution in [2.75, 3.05) is 31.9 Å². The summed E-state index contributed by atoms with van der Waals surface area (Å²) < 4.78 is 0. The first-order valence-electron chi connectivity index (χ1n) is 9.39. The quantitative estimate of drug-likeness (QED) is 0.681. The van der Waals surface area contributed by atoms with E-state index in [2.05, 4.69) is 39.2 Å². The van der Waals surface area contributed by atoms with Crippen molar-refractivity contribution in [3.8, 4) is 0 Å². The molecule has 5 nitrogen and oxygen atoms in total. The van der Waals surface area contributed by atoms with Crippen molar-refractivity contribution in [3.63, 3.8) is 0 Å². The van der Waals surface area contributed by atoms with Crippen molar-refractivity contribution in [2.24, 2.45) is 0 Å². The predicted molar refractivity (Wildman–Crippen MR) is 111 cm³/mol. The minimum absolute atomic E-state index is 0.0505. The molecule has 7 heteroatoms. The standard InChI is InChI=1S/C20H26N4OS2/c1-16-7-3-4-8-17(16)27-20-19(22-9-10-23-20)26-15-18(25)21-11-14-24-12-5-2-6-13-24/h3-4,7-10H,2,5-6,11-15H2,1H3,(H,21,25). The number of amides is 1. The number of likely N-dealkylation sites (tertiary alicyclic amines) is 1. The number of aryl methyl sites for hydroxylation is 1. The summed E-state index contributed by atoms with van der Waals surface area (Å²) >= 11 is 3.04. The summed E-state index contributed by atoms with van der Waals surface area (Å²) in [4.78, 5) is 24.6. The highest BCUT2D eigenvalue weighted by Crippen LogP contribution is 2.33. The van der Waals surface area contributed by atoms with E-state index in [1.807, 2.05) is 12.1 Å². The Morgan fingerprint density at radius 1 is 1.11 bits per heavy atom. The number of hydrogen-bond donors (Lipinski definition) is 1. The van der Waals surface area contributed by atoms with Gasteiger partial charge in [0.05, 0.1) is 5.75 Å². The first-order valence-corrected chi connectivity index (χ1v) is 11.2. The molecule has 27 heavy (non-hydrogen) atoms. The second-order valence-electron chi connectivity index (χ2n) is 6.58. The second kappa shape index (κ2) is 10.7. The molecule has 0 atom stereocenters. The summed E-state index contributed by atoms with van der Waals surface area (Å²) in [5.41, 5.74) is 1.21. The Balaban J connectivity index is 1.47. The highest BCUT2D eigenvalue weighted by atomic mass is 32.2. The number of nitrogens with zero attached hydrogens (tertiary/aromatic N) is 3. The van der Waals surface area contributed by atoms with Crippen LogP contribution >= 0.6 is 23.5 Å². The molecule has 0 saturated carbocycles. The second-order valence-corrected chi connectivity index (χ2v) is 8.57. The van der Waals surface area contributed by atoms with E-state index in [0.717, 1.165) is 34.6 Å². The molecule has 144 valence electrons. The van der Waals surface area contributed by atoms with Crippen LogP contribution in [0.5, 0.6) is 0 Å². The number of aromatic nitrogens is 2. The predicted octanol–water partition coefficient (Wildman–Crippen LogP) is 3.63. The summed E-state index contributed by atoms with van der Waals surface area (Å²) in [7, 11) is 0. The Labute approximate surface area is 169 Å². The number of nitrogens with one attached hydrogen (secondary N) is 1. The Morgan fingerprint density at radius 3 is 2.63 bits per heavy atom. The molecule has 0 radical (unpaired) electrons. The van der Waals surface area contributed by atoms with E-state index < -0.39 is 0 Å². The SMILES string of the molecule is Cc1ccccc1Sc1nccnc1SCC(=O)NCCN1CCCCC1. The van der Waals surface area contributed by atoms with Crippen LogP contribution in [0.3, 0.4) is 0 Å². The maximum atomic E-state index is 12.2. The molecule has 0 bridgehead atoms. The molecule has 0 spiro atoms. The molecular weight excluding hydrogens is 376 g/mol. The van der Waals surface area contributed by atoms with Crippen molar-refractivity contribution in [3.05, 3.63) is 42.2 Å². The molecule has 1 aromatic heterocycles. The summed E-state index contributed by atoms with van der Waals surface area (Å²) in [5.74, 6) is 0.412. The summed E-state index contributed by atoms with van der Waals surface area (Å²) in [6, 6.07) is 8.21. The zero-order valence-electron chi connectivity index (χ0n) is 15.7. The third kappa shape index (κ3) is 6.52. The highest BCUT2D eigenvalue weighted by molar-refractivity contribution is 8.02. The van der Waals surface area contributed by atoms with E-state index >= 15 is 0 Å². The van der Waals surface area contributed by atoms with Gasteiger partial charge in [-0.3, -0.25) is 4.79 Å².